The SMILES string of the molecule is CCC(CC)(CO)CNS(=O)(=O)CCC(C)C. The molecule has 0 spiro atoms. The van der Waals surface area contributed by atoms with Crippen LogP contribution in [0.4, 0.5) is 0 Å². The standard InChI is InChI=1S/C12H27NO3S/c1-5-12(6-2,10-14)9-13-17(15,16)8-7-11(3)4/h11,13-14H,5-10H2,1-4H3. The zero-order valence-corrected chi connectivity index (χ0v) is 12.3. The van der Waals surface area contributed by atoms with E-state index in [4.69, 9.17) is 0 Å². The average molecular weight is 265 g/mol. The highest BCUT2D eigenvalue weighted by Gasteiger charge is 2.27. The van der Waals surface area contributed by atoms with E-state index in [0.29, 0.717) is 18.9 Å². The third kappa shape index (κ3) is 6.38. The molecule has 0 atom stereocenters. The van der Waals surface area contributed by atoms with Gasteiger partial charge in [-0.25, -0.2) is 13.1 Å². The van der Waals surface area contributed by atoms with Crippen LogP contribution in [-0.2, 0) is 10.0 Å². The molecule has 4 nitrogen and oxygen atoms in total. The van der Waals surface area contributed by atoms with E-state index in [0.717, 1.165) is 12.8 Å². The van der Waals surface area contributed by atoms with Crippen molar-refractivity contribution in [3.63, 3.8) is 0 Å². The first-order valence-corrected chi connectivity index (χ1v) is 8.04. The van der Waals surface area contributed by atoms with Crippen LogP contribution in [0.2, 0.25) is 0 Å². The monoisotopic (exact) mass is 265 g/mol. The zero-order valence-electron chi connectivity index (χ0n) is 11.5. The Morgan fingerprint density at radius 1 is 1.24 bits per heavy atom. The molecule has 104 valence electrons. The van der Waals surface area contributed by atoms with Gasteiger partial charge in [0.05, 0.1) is 5.75 Å². The van der Waals surface area contributed by atoms with Crippen LogP contribution in [0.3, 0.4) is 0 Å². The maximum atomic E-state index is 11.7. The van der Waals surface area contributed by atoms with Gasteiger partial charge < -0.3 is 5.11 Å². The smallest absolute Gasteiger partial charge is 0.211 e. The summed E-state index contributed by atoms with van der Waals surface area (Å²) in [5.41, 5.74) is -0.315. The zero-order chi connectivity index (χ0) is 13.5. The summed E-state index contributed by atoms with van der Waals surface area (Å²) < 4.78 is 26.1. The normalized spacial score (nSPS) is 13.3. The minimum Gasteiger partial charge on any atom is -0.396 e. The summed E-state index contributed by atoms with van der Waals surface area (Å²) in [6.45, 7) is 8.31. The van der Waals surface area contributed by atoms with Crippen molar-refractivity contribution in [3.8, 4) is 0 Å². The van der Waals surface area contributed by atoms with E-state index >= 15 is 0 Å². The molecule has 0 saturated heterocycles. The fraction of sp³-hybridized carbons (Fsp3) is 1.00. The minimum atomic E-state index is -3.20. The third-order valence-electron chi connectivity index (χ3n) is 3.47. The molecule has 0 aromatic heterocycles. The molecule has 0 radical (unpaired) electrons. The van der Waals surface area contributed by atoms with E-state index in [1.807, 2.05) is 27.7 Å². The molecule has 0 amide bonds. The molecule has 5 heteroatoms. The van der Waals surface area contributed by atoms with Gasteiger partial charge in [-0.1, -0.05) is 27.7 Å². The molecule has 0 aliphatic rings. The molecule has 0 fully saturated rings. The van der Waals surface area contributed by atoms with Gasteiger partial charge in [-0.05, 0) is 25.2 Å². The summed E-state index contributed by atoms with van der Waals surface area (Å²) in [5, 5.41) is 9.36. The molecule has 0 heterocycles. The lowest BCUT2D eigenvalue weighted by Crippen LogP contribution is -2.40. The average Bonchev–Trinajstić information content (AvgIpc) is 2.29. The number of hydrogen-bond acceptors (Lipinski definition) is 3. The lowest BCUT2D eigenvalue weighted by Gasteiger charge is -2.29. The minimum absolute atomic E-state index is 0.0205. The molecule has 0 aliphatic heterocycles. The first kappa shape index (κ1) is 16.9. The van der Waals surface area contributed by atoms with Crippen molar-refractivity contribution < 1.29 is 13.5 Å². The Hall–Kier alpha value is -0.130. The van der Waals surface area contributed by atoms with E-state index < -0.39 is 10.0 Å². The van der Waals surface area contributed by atoms with Crippen molar-refractivity contribution in [2.24, 2.45) is 11.3 Å². The number of aliphatic hydroxyl groups is 1. The van der Waals surface area contributed by atoms with Crippen molar-refractivity contribution in [1.82, 2.24) is 4.72 Å². The summed E-state index contributed by atoms with van der Waals surface area (Å²) in [7, 11) is -3.20. The Bertz CT molecular complexity index is 287. The van der Waals surface area contributed by atoms with Crippen LogP contribution in [0.5, 0.6) is 0 Å². The lowest BCUT2D eigenvalue weighted by atomic mass is 9.84. The van der Waals surface area contributed by atoms with Crippen LogP contribution < -0.4 is 4.72 Å². The number of rotatable bonds is 9. The van der Waals surface area contributed by atoms with Gasteiger partial charge in [0.25, 0.3) is 0 Å². The van der Waals surface area contributed by atoms with E-state index in [1.165, 1.54) is 0 Å². The Labute approximate surface area is 106 Å². The Kier molecular flexibility index (Phi) is 7.28. The Morgan fingerprint density at radius 3 is 2.12 bits per heavy atom. The second-order valence-electron chi connectivity index (χ2n) is 5.19. The van der Waals surface area contributed by atoms with Gasteiger partial charge in [0, 0.05) is 18.6 Å². The van der Waals surface area contributed by atoms with Gasteiger partial charge in [0.15, 0.2) is 0 Å². The molecule has 0 aromatic carbocycles. The first-order valence-electron chi connectivity index (χ1n) is 6.39. The number of hydrogen-bond donors (Lipinski definition) is 2. The maximum absolute atomic E-state index is 11.7. The molecule has 0 saturated carbocycles. The van der Waals surface area contributed by atoms with Crippen LogP contribution in [0, 0.1) is 11.3 Å². The molecule has 2 N–H and O–H groups in total. The van der Waals surface area contributed by atoms with Crippen LogP contribution in [-0.4, -0.2) is 32.4 Å². The molecule has 0 unspecified atom stereocenters. The fourth-order valence-corrected chi connectivity index (χ4v) is 2.96. The summed E-state index contributed by atoms with van der Waals surface area (Å²) >= 11 is 0. The summed E-state index contributed by atoms with van der Waals surface area (Å²) in [5.74, 6) is 0.547. The summed E-state index contributed by atoms with van der Waals surface area (Å²) in [6, 6.07) is 0. The molecule has 17 heavy (non-hydrogen) atoms. The van der Waals surface area contributed by atoms with Gasteiger partial charge >= 0.3 is 0 Å². The van der Waals surface area contributed by atoms with Crippen molar-refractivity contribution in [2.75, 3.05) is 18.9 Å². The highest BCUT2D eigenvalue weighted by molar-refractivity contribution is 7.89. The van der Waals surface area contributed by atoms with Crippen molar-refractivity contribution >= 4 is 10.0 Å². The van der Waals surface area contributed by atoms with Crippen LogP contribution >= 0.6 is 0 Å². The third-order valence-corrected chi connectivity index (χ3v) is 4.82. The van der Waals surface area contributed by atoms with E-state index in [-0.39, 0.29) is 17.8 Å². The summed E-state index contributed by atoms with van der Waals surface area (Å²) in [6.07, 6.45) is 2.21. The molecule has 0 aromatic rings. The predicted octanol–water partition coefficient (Wildman–Crippen LogP) is 1.75. The fourth-order valence-electron chi connectivity index (χ4n) is 1.51. The largest absolute Gasteiger partial charge is 0.396 e. The lowest BCUT2D eigenvalue weighted by molar-refractivity contribution is 0.119. The van der Waals surface area contributed by atoms with Crippen molar-refractivity contribution in [1.29, 1.82) is 0 Å². The molecule has 0 aliphatic carbocycles. The Balaban J connectivity index is 4.33. The number of aliphatic hydroxyl groups excluding tert-OH is 1. The van der Waals surface area contributed by atoms with Gasteiger partial charge in [-0.2, -0.15) is 0 Å². The maximum Gasteiger partial charge on any atom is 0.211 e. The second kappa shape index (κ2) is 7.34. The summed E-state index contributed by atoms with van der Waals surface area (Å²) in [4.78, 5) is 0. The highest BCUT2D eigenvalue weighted by atomic mass is 32.2. The number of nitrogens with one attached hydrogen (secondary N) is 1. The van der Waals surface area contributed by atoms with E-state index in [9.17, 15) is 13.5 Å². The van der Waals surface area contributed by atoms with Gasteiger partial charge in [0.2, 0.25) is 10.0 Å². The van der Waals surface area contributed by atoms with Crippen LogP contribution in [0.1, 0.15) is 47.0 Å². The van der Waals surface area contributed by atoms with E-state index in [2.05, 4.69) is 4.72 Å². The topological polar surface area (TPSA) is 66.4 Å². The molecule has 0 bridgehead atoms. The molecular weight excluding hydrogens is 238 g/mol. The molecule has 0 rings (SSSR count). The van der Waals surface area contributed by atoms with Crippen molar-refractivity contribution in [2.45, 2.75) is 47.0 Å². The Morgan fingerprint density at radius 2 is 1.76 bits per heavy atom. The number of sulfonamides is 1. The quantitative estimate of drug-likeness (QED) is 0.667. The van der Waals surface area contributed by atoms with Crippen LogP contribution in [0.25, 0.3) is 0 Å². The van der Waals surface area contributed by atoms with E-state index in [1.54, 1.807) is 0 Å². The van der Waals surface area contributed by atoms with Crippen LogP contribution in [0.15, 0.2) is 0 Å². The van der Waals surface area contributed by atoms with Crippen molar-refractivity contribution in [3.05, 3.63) is 0 Å². The van der Waals surface area contributed by atoms with Gasteiger partial charge in [-0.15, -0.1) is 0 Å². The second-order valence-corrected chi connectivity index (χ2v) is 7.11. The van der Waals surface area contributed by atoms with Gasteiger partial charge in [0.1, 0.15) is 0 Å². The van der Waals surface area contributed by atoms with Gasteiger partial charge in [-0.3, -0.25) is 0 Å². The highest BCUT2D eigenvalue weighted by Crippen LogP contribution is 2.24. The first-order chi connectivity index (χ1) is 7.81. The predicted molar refractivity (Wildman–Crippen MR) is 71.3 cm³/mol. The molecular formula is C12H27NO3S.